The summed E-state index contributed by atoms with van der Waals surface area (Å²) in [4.78, 5) is 29.3. The Morgan fingerprint density at radius 1 is 1.38 bits per heavy atom. The van der Waals surface area contributed by atoms with Gasteiger partial charge in [0.25, 0.3) is 0 Å². The Balaban J connectivity index is 2.40. The first-order valence-corrected chi connectivity index (χ1v) is 3.79. The summed E-state index contributed by atoms with van der Waals surface area (Å²) in [6.45, 7) is 0.357. The highest BCUT2D eigenvalue weighted by Crippen LogP contribution is 2.10. The van der Waals surface area contributed by atoms with Crippen LogP contribution in [0.1, 0.15) is 0 Å². The van der Waals surface area contributed by atoms with E-state index in [1.54, 1.807) is 6.08 Å². The minimum atomic E-state index is -1.25. The van der Waals surface area contributed by atoms with Crippen molar-refractivity contribution in [3.05, 3.63) is 12.2 Å². The first kappa shape index (κ1) is 7.85. The minimum Gasteiger partial charge on any atom is -0.347 e. The van der Waals surface area contributed by atoms with Crippen molar-refractivity contribution in [2.45, 2.75) is 5.54 Å². The number of nitrogens with zero attached hydrogens (tertiary/aromatic N) is 2. The molecule has 5 heteroatoms. The number of carbonyl (C=O) groups excluding carboxylic acids is 2. The molecule has 0 amide bonds. The second kappa shape index (κ2) is 2.62. The van der Waals surface area contributed by atoms with Crippen molar-refractivity contribution in [3.63, 3.8) is 0 Å². The van der Waals surface area contributed by atoms with Gasteiger partial charge in [0, 0.05) is 0 Å². The molecule has 0 saturated carbocycles. The summed E-state index contributed by atoms with van der Waals surface area (Å²) in [5.41, 5.74) is -0.554. The van der Waals surface area contributed by atoms with E-state index in [0.717, 1.165) is 0 Å². The van der Waals surface area contributed by atoms with E-state index in [1.807, 2.05) is 0 Å². The van der Waals surface area contributed by atoms with Gasteiger partial charge in [-0.3, -0.25) is 14.6 Å². The fourth-order valence-corrected chi connectivity index (χ4v) is 1.20. The van der Waals surface area contributed by atoms with Gasteiger partial charge in [0.2, 0.25) is 0 Å². The first-order valence-electron chi connectivity index (χ1n) is 3.79. The van der Waals surface area contributed by atoms with E-state index in [0.29, 0.717) is 30.8 Å². The number of hydrogen-bond donors (Lipinski definition) is 1. The van der Waals surface area contributed by atoms with Crippen molar-refractivity contribution in [1.82, 2.24) is 5.32 Å². The second-order valence-corrected chi connectivity index (χ2v) is 2.82. The first-order chi connectivity index (χ1) is 6.29. The van der Waals surface area contributed by atoms with E-state index in [4.69, 9.17) is 0 Å². The maximum absolute atomic E-state index is 10.7. The smallest absolute Gasteiger partial charge is 0.169 e. The highest BCUT2D eigenvalue weighted by atomic mass is 16.1. The zero-order valence-corrected chi connectivity index (χ0v) is 6.73. The lowest BCUT2D eigenvalue weighted by Crippen LogP contribution is -2.54. The number of rotatable bonds is 2. The van der Waals surface area contributed by atoms with E-state index >= 15 is 0 Å². The molecule has 0 aliphatic carbocycles. The Bertz CT molecular complexity index is 346. The van der Waals surface area contributed by atoms with E-state index in [-0.39, 0.29) is 0 Å². The van der Waals surface area contributed by atoms with Gasteiger partial charge in [0.1, 0.15) is 18.2 Å². The van der Waals surface area contributed by atoms with Gasteiger partial charge in [0.05, 0.1) is 0 Å². The Morgan fingerprint density at radius 3 is 2.85 bits per heavy atom. The monoisotopic (exact) mass is 177 g/mol. The maximum atomic E-state index is 10.7. The molecule has 2 aliphatic heterocycles. The predicted octanol–water partition coefficient (Wildman–Crippen LogP) is -0.907. The van der Waals surface area contributed by atoms with Crippen molar-refractivity contribution in [2.24, 2.45) is 9.98 Å². The number of nitrogens with one attached hydrogen (secondary N) is 1. The van der Waals surface area contributed by atoms with Crippen LogP contribution < -0.4 is 5.32 Å². The van der Waals surface area contributed by atoms with Crippen LogP contribution in [0.25, 0.3) is 0 Å². The molecule has 1 N–H and O–H groups in total. The molecule has 13 heavy (non-hydrogen) atoms. The molecule has 0 aromatic carbocycles. The average molecular weight is 177 g/mol. The Kier molecular flexibility index (Phi) is 1.58. The van der Waals surface area contributed by atoms with Gasteiger partial charge in [0.15, 0.2) is 18.1 Å². The van der Waals surface area contributed by atoms with Crippen LogP contribution in [-0.4, -0.2) is 36.3 Å². The summed E-state index contributed by atoms with van der Waals surface area (Å²) in [5, 5.41) is 2.72. The predicted molar refractivity (Wildman–Crippen MR) is 46.9 cm³/mol. The van der Waals surface area contributed by atoms with E-state index in [9.17, 15) is 9.59 Å². The Labute approximate surface area is 74.3 Å². The third kappa shape index (κ3) is 1.09. The van der Waals surface area contributed by atoms with Crippen LogP contribution in [0.5, 0.6) is 0 Å². The summed E-state index contributed by atoms with van der Waals surface area (Å²) in [5.74, 6) is 0.515. The van der Waals surface area contributed by atoms with Gasteiger partial charge in [-0.15, -0.1) is 0 Å². The lowest BCUT2D eigenvalue weighted by molar-refractivity contribution is -0.119. The summed E-state index contributed by atoms with van der Waals surface area (Å²) in [7, 11) is 0. The standard InChI is InChI=1S/C8H7N3O2/c12-3-8(4-13)2-1-6-7(11-8)10-5-9-6/h1-4H,5H2,(H,10,11). The molecule has 0 fully saturated rings. The molecule has 2 heterocycles. The van der Waals surface area contributed by atoms with Gasteiger partial charge in [-0.25, -0.2) is 4.99 Å². The number of carbonyl (C=O) groups is 2. The second-order valence-electron chi connectivity index (χ2n) is 2.82. The van der Waals surface area contributed by atoms with Crippen molar-refractivity contribution in [3.8, 4) is 0 Å². The summed E-state index contributed by atoms with van der Waals surface area (Å²) in [6.07, 6.45) is 4.21. The normalized spacial score (nSPS) is 22.5. The van der Waals surface area contributed by atoms with Crippen molar-refractivity contribution < 1.29 is 9.59 Å². The molecule has 5 nitrogen and oxygen atoms in total. The molecule has 0 saturated heterocycles. The summed E-state index contributed by atoms with van der Waals surface area (Å²) in [6, 6.07) is 0. The van der Waals surface area contributed by atoms with E-state index < -0.39 is 5.54 Å². The average Bonchev–Trinajstić information content (AvgIpc) is 2.64. The van der Waals surface area contributed by atoms with Crippen LogP contribution >= 0.6 is 0 Å². The fourth-order valence-electron chi connectivity index (χ4n) is 1.20. The molecule has 0 spiro atoms. The third-order valence-corrected chi connectivity index (χ3v) is 1.95. The summed E-state index contributed by atoms with van der Waals surface area (Å²) >= 11 is 0. The fraction of sp³-hybridized carbons (Fsp3) is 0.250. The van der Waals surface area contributed by atoms with Crippen LogP contribution in [0.15, 0.2) is 22.1 Å². The number of hydrogen-bond acceptors (Lipinski definition) is 5. The minimum absolute atomic E-state index is 0.357. The topological polar surface area (TPSA) is 70.9 Å². The van der Waals surface area contributed by atoms with E-state index in [2.05, 4.69) is 15.3 Å². The molecule has 0 aromatic rings. The molecule has 2 aliphatic rings. The van der Waals surface area contributed by atoms with Gasteiger partial charge in [-0.2, -0.15) is 0 Å². The van der Waals surface area contributed by atoms with Crippen LogP contribution in [0, 0.1) is 0 Å². The third-order valence-electron chi connectivity index (χ3n) is 1.95. The van der Waals surface area contributed by atoms with Crippen molar-refractivity contribution in [1.29, 1.82) is 0 Å². The summed E-state index contributed by atoms with van der Waals surface area (Å²) < 4.78 is 0. The largest absolute Gasteiger partial charge is 0.347 e. The number of amidine groups is 1. The molecule has 0 bridgehead atoms. The van der Waals surface area contributed by atoms with Crippen LogP contribution in [-0.2, 0) is 9.59 Å². The molecular formula is C8H7N3O2. The Hall–Kier alpha value is -1.78. The molecule has 66 valence electrons. The lowest BCUT2D eigenvalue weighted by atomic mass is 9.98. The quantitative estimate of drug-likeness (QED) is 0.438. The van der Waals surface area contributed by atoms with E-state index in [1.165, 1.54) is 6.08 Å². The van der Waals surface area contributed by atoms with Gasteiger partial charge in [-0.1, -0.05) is 0 Å². The molecule has 0 atom stereocenters. The lowest BCUT2D eigenvalue weighted by Gasteiger charge is -2.23. The molecule has 0 unspecified atom stereocenters. The number of aldehydes is 2. The van der Waals surface area contributed by atoms with Crippen LogP contribution in [0.2, 0.25) is 0 Å². The Morgan fingerprint density at radius 2 is 2.15 bits per heavy atom. The highest BCUT2D eigenvalue weighted by Gasteiger charge is 2.32. The molecule has 2 rings (SSSR count). The molecule has 0 radical (unpaired) electrons. The van der Waals surface area contributed by atoms with Gasteiger partial charge < -0.3 is 5.32 Å². The molecule has 0 aromatic heterocycles. The maximum Gasteiger partial charge on any atom is 0.169 e. The van der Waals surface area contributed by atoms with Crippen molar-refractivity contribution in [2.75, 3.05) is 6.67 Å². The number of fused-ring (bicyclic) bond motifs is 1. The van der Waals surface area contributed by atoms with Crippen LogP contribution in [0.4, 0.5) is 0 Å². The van der Waals surface area contributed by atoms with Gasteiger partial charge >= 0.3 is 0 Å². The van der Waals surface area contributed by atoms with Crippen LogP contribution in [0.3, 0.4) is 0 Å². The SMILES string of the molecule is O=CC1(C=O)C=CC2=NCN=C2N1. The highest BCUT2D eigenvalue weighted by molar-refractivity contribution is 6.48. The zero-order valence-electron chi connectivity index (χ0n) is 6.73. The zero-order chi connectivity index (χ0) is 9.31. The van der Waals surface area contributed by atoms with Crippen molar-refractivity contribution >= 4 is 24.1 Å². The van der Waals surface area contributed by atoms with Gasteiger partial charge in [-0.05, 0) is 12.2 Å². The molecular weight excluding hydrogens is 170 g/mol. The number of aliphatic imine (C=N–C) groups is 2.